The molecular formula is C18H30N4O3. The SMILES string of the molecule is CCC(CC)C(=O)Nc1c2c(nn1C)CCN(C(=O)OC(C)(C)C)C2. The van der Waals surface area contributed by atoms with Gasteiger partial charge in [0.1, 0.15) is 11.4 Å². The molecule has 2 heterocycles. The Morgan fingerprint density at radius 2 is 1.92 bits per heavy atom. The van der Waals surface area contributed by atoms with Gasteiger partial charge in [0.25, 0.3) is 0 Å². The lowest BCUT2D eigenvalue weighted by atomic mass is 10.0. The molecule has 7 nitrogen and oxygen atoms in total. The largest absolute Gasteiger partial charge is 0.444 e. The maximum absolute atomic E-state index is 12.5. The number of ether oxygens (including phenoxy) is 1. The molecule has 0 spiro atoms. The average molecular weight is 350 g/mol. The van der Waals surface area contributed by atoms with E-state index < -0.39 is 5.60 Å². The van der Waals surface area contributed by atoms with Crippen molar-refractivity contribution in [2.45, 2.75) is 66.0 Å². The Kier molecular flexibility index (Phi) is 5.75. The summed E-state index contributed by atoms with van der Waals surface area (Å²) in [6, 6.07) is 0. The van der Waals surface area contributed by atoms with Crippen LogP contribution in [0.15, 0.2) is 0 Å². The van der Waals surface area contributed by atoms with Gasteiger partial charge in [-0.2, -0.15) is 5.10 Å². The molecule has 0 aromatic carbocycles. The summed E-state index contributed by atoms with van der Waals surface area (Å²) in [6.07, 6.45) is 1.92. The number of carbonyl (C=O) groups is 2. The second kappa shape index (κ2) is 7.45. The van der Waals surface area contributed by atoms with E-state index in [1.54, 1.807) is 9.58 Å². The number of nitrogens with zero attached hydrogens (tertiary/aromatic N) is 3. The van der Waals surface area contributed by atoms with Gasteiger partial charge in [0.15, 0.2) is 0 Å². The first-order chi connectivity index (χ1) is 11.7. The first-order valence-corrected chi connectivity index (χ1v) is 8.99. The van der Waals surface area contributed by atoms with Crippen LogP contribution in [0.25, 0.3) is 0 Å². The third kappa shape index (κ3) is 4.52. The molecule has 0 saturated carbocycles. The lowest BCUT2D eigenvalue weighted by Crippen LogP contribution is -2.40. The third-order valence-corrected chi connectivity index (χ3v) is 4.45. The Labute approximate surface area is 149 Å². The number of carbonyl (C=O) groups excluding carboxylic acids is 2. The summed E-state index contributed by atoms with van der Waals surface area (Å²) in [4.78, 5) is 26.5. The molecule has 1 N–H and O–H groups in total. The smallest absolute Gasteiger partial charge is 0.410 e. The van der Waals surface area contributed by atoms with Crippen molar-refractivity contribution >= 4 is 17.8 Å². The van der Waals surface area contributed by atoms with E-state index >= 15 is 0 Å². The second-order valence-corrected chi connectivity index (χ2v) is 7.55. The standard InChI is InChI=1S/C18H30N4O3/c1-7-12(8-2)16(23)19-15-13-11-22(17(24)25-18(3,4)5)10-9-14(13)20-21(15)6/h12H,7-11H2,1-6H3,(H,19,23). The average Bonchev–Trinajstić information content (AvgIpc) is 2.82. The highest BCUT2D eigenvalue weighted by Gasteiger charge is 2.30. The first kappa shape index (κ1) is 19.3. The second-order valence-electron chi connectivity index (χ2n) is 7.55. The highest BCUT2D eigenvalue weighted by molar-refractivity contribution is 5.92. The van der Waals surface area contributed by atoms with Gasteiger partial charge in [-0.3, -0.25) is 9.48 Å². The Hall–Kier alpha value is -2.05. The van der Waals surface area contributed by atoms with Crippen molar-refractivity contribution in [2.75, 3.05) is 11.9 Å². The molecule has 1 aromatic heterocycles. The summed E-state index contributed by atoms with van der Waals surface area (Å²) in [5.74, 6) is 0.668. The van der Waals surface area contributed by atoms with Crippen LogP contribution in [-0.2, 0) is 29.5 Å². The van der Waals surface area contributed by atoms with E-state index in [0.717, 1.165) is 24.1 Å². The predicted molar refractivity (Wildman–Crippen MR) is 96.3 cm³/mol. The van der Waals surface area contributed by atoms with E-state index in [4.69, 9.17) is 4.74 Å². The Morgan fingerprint density at radius 1 is 1.28 bits per heavy atom. The minimum absolute atomic E-state index is 0.00481. The molecule has 1 aromatic rings. The number of anilines is 1. The molecule has 0 fully saturated rings. The van der Waals surface area contributed by atoms with Crippen LogP contribution in [0.3, 0.4) is 0 Å². The van der Waals surface area contributed by atoms with E-state index in [9.17, 15) is 9.59 Å². The quantitative estimate of drug-likeness (QED) is 0.905. The molecule has 1 aliphatic rings. The number of hydrogen-bond donors (Lipinski definition) is 1. The topological polar surface area (TPSA) is 76.5 Å². The van der Waals surface area contributed by atoms with Crippen LogP contribution in [0, 0.1) is 5.92 Å². The number of rotatable bonds is 4. The molecule has 140 valence electrons. The van der Waals surface area contributed by atoms with Gasteiger partial charge in [0.05, 0.1) is 12.2 Å². The van der Waals surface area contributed by atoms with Gasteiger partial charge in [-0.05, 0) is 33.6 Å². The molecule has 2 amide bonds. The zero-order valence-electron chi connectivity index (χ0n) is 16.2. The Morgan fingerprint density at radius 3 is 2.48 bits per heavy atom. The number of aryl methyl sites for hydroxylation is 1. The van der Waals surface area contributed by atoms with E-state index in [1.807, 2.05) is 41.7 Å². The predicted octanol–water partition coefficient (Wildman–Crippen LogP) is 3.09. The molecule has 0 aliphatic carbocycles. The van der Waals surface area contributed by atoms with Gasteiger partial charge >= 0.3 is 6.09 Å². The highest BCUT2D eigenvalue weighted by Crippen LogP contribution is 2.27. The summed E-state index contributed by atoms with van der Waals surface area (Å²) in [6.45, 7) is 10.5. The van der Waals surface area contributed by atoms with Crippen LogP contribution >= 0.6 is 0 Å². The van der Waals surface area contributed by atoms with Gasteiger partial charge in [-0.25, -0.2) is 4.79 Å². The van der Waals surface area contributed by atoms with Gasteiger partial charge in [0.2, 0.25) is 5.91 Å². The molecule has 0 saturated heterocycles. The zero-order chi connectivity index (χ0) is 18.8. The molecule has 0 bridgehead atoms. The summed E-state index contributed by atoms with van der Waals surface area (Å²) >= 11 is 0. The summed E-state index contributed by atoms with van der Waals surface area (Å²) in [5.41, 5.74) is 1.31. The fourth-order valence-corrected chi connectivity index (χ4v) is 3.02. The van der Waals surface area contributed by atoms with Crippen molar-refractivity contribution in [1.29, 1.82) is 0 Å². The molecule has 2 rings (SSSR count). The Balaban J connectivity index is 2.18. The first-order valence-electron chi connectivity index (χ1n) is 8.99. The summed E-state index contributed by atoms with van der Waals surface area (Å²) in [5, 5.41) is 7.52. The molecule has 0 unspecified atom stereocenters. The maximum Gasteiger partial charge on any atom is 0.410 e. The monoisotopic (exact) mass is 350 g/mol. The van der Waals surface area contributed by atoms with Crippen molar-refractivity contribution in [2.24, 2.45) is 13.0 Å². The molecule has 0 atom stereocenters. The molecule has 7 heteroatoms. The Bertz CT molecular complexity index is 641. The molecule has 1 aliphatic heterocycles. The minimum atomic E-state index is -0.529. The number of amides is 2. The number of nitrogens with one attached hydrogen (secondary N) is 1. The number of aromatic nitrogens is 2. The lowest BCUT2D eigenvalue weighted by Gasteiger charge is -2.30. The van der Waals surface area contributed by atoms with Gasteiger partial charge < -0.3 is 15.0 Å². The van der Waals surface area contributed by atoms with E-state index in [-0.39, 0.29) is 17.9 Å². The number of hydrogen-bond acceptors (Lipinski definition) is 4. The number of fused-ring (bicyclic) bond motifs is 1. The highest BCUT2D eigenvalue weighted by atomic mass is 16.6. The van der Waals surface area contributed by atoms with Gasteiger partial charge in [0, 0.05) is 31.5 Å². The molecule has 0 radical (unpaired) electrons. The van der Waals surface area contributed by atoms with E-state index in [2.05, 4.69) is 10.4 Å². The fourth-order valence-electron chi connectivity index (χ4n) is 3.02. The van der Waals surface area contributed by atoms with Crippen molar-refractivity contribution in [1.82, 2.24) is 14.7 Å². The van der Waals surface area contributed by atoms with Crippen molar-refractivity contribution < 1.29 is 14.3 Å². The van der Waals surface area contributed by atoms with Crippen molar-refractivity contribution in [3.05, 3.63) is 11.3 Å². The van der Waals surface area contributed by atoms with Gasteiger partial charge in [-0.1, -0.05) is 13.8 Å². The van der Waals surface area contributed by atoms with Crippen LogP contribution in [0.1, 0.15) is 58.7 Å². The normalized spacial score (nSPS) is 14.4. The van der Waals surface area contributed by atoms with Crippen molar-refractivity contribution in [3.63, 3.8) is 0 Å². The van der Waals surface area contributed by atoms with E-state index in [1.165, 1.54) is 0 Å². The van der Waals surface area contributed by atoms with Crippen LogP contribution in [-0.4, -0.2) is 38.8 Å². The third-order valence-electron chi connectivity index (χ3n) is 4.45. The van der Waals surface area contributed by atoms with Crippen LogP contribution in [0.4, 0.5) is 10.6 Å². The van der Waals surface area contributed by atoms with Crippen LogP contribution < -0.4 is 5.32 Å². The summed E-state index contributed by atoms with van der Waals surface area (Å²) < 4.78 is 7.16. The molecule has 25 heavy (non-hydrogen) atoms. The summed E-state index contributed by atoms with van der Waals surface area (Å²) in [7, 11) is 1.82. The van der Waals surface area contributed by atoms with E-state index in [0.29, 0.717) is 25.3 Å². The van der Waals surface area contributed by atoms with Crippen LogP contribution in [0.2, 0.25) is 0 Å². The van der Waals surface area contributed by atoms with Crippen LogP contribution in [0.5, 0.6) is 0 Å². The zero-order valence-corrected chi connectivity index (χ0v) is 16.2. The lowest BCUT2D eigenvalue weighted by molar-refractivity contribution is -0.120. The van der Waals surface area contributed by atoms with Gasteiger partial charge in [-0.15, -0.1) is 0 Å². The fraction of sp³-hybridized carbons (Fsp3) is 0.722. The minimum Gasteiger partial charge on any atom is -0.444 e. The molecular weight excluding hydrogens is 320 g/mol. The maximum atomic E-state index is 12.5. The van der Waals surface area contributed by atoms with Crippen molar-refractivity contribution in [3.8, 4) is 0 Å².